The number of nitrogens with one attached hydrogen (secondary N) is 1. The van der Waals surface area contributed by atoms with Crippen molar-refractivity contribution < 1.29 is 4.74 Å². The first-order chi connectivity index (χ1) is 9.11. The Morgan fingerprint density at radius 2 is 1.95 bits per heavy atom. The summed E-state index contributed by atoms with van der Waals surface area (Å²) < 4.78 is 5.97. The van der Waals surface area contributed by atoms with E-state index in [1.54, 1.807) is 0 Å². The molecule has 1 fully saturated rings. The van der Waals surface area contributed by atoms with Crippen LogP contribution in [0.2, 0.25) is 0 Å². The van der Waals surface area contributed by atoms with Crippen molar-refractivity contribution >= 4 is 0 Å². The second kappa shape index (κ2) is 6.42. The van der Waals surface area contributed by atoms with Gasteiger partial charge in [-0.3, -0.25) is 0 Å². The van der Waals surface area contributed by atoms with Crippen molar-refractivity contribution in [3.8, 4) is 5.75 Å². The molecule has 1 saturated carbocycles. The fourth-order valence-electron chi connectivity index (χ4n) is 3.30. The van der Waals surface area contributed by atoms with Gasteiger partial charge in [0.2, 0.25) is 0 Å². The minimum absolute atomic E-state index is 0.223. The maximum Gasteiger partial charge on any atom is 0.124 e. The van der Waals surface area contributed by atoms with E-state index < -0.39 is 0 Å². The van der Waals surface area contributed by atoms with Crippen LogP contribution in [0.15, 0.2) is 24.3 Å². The number of hydrogen-bond donors (Lipinski definition) is 1. The molecule has 0 amide bonds. The van der Waals surface area contributed by atoms with Gasteiger partial charge in [0.15, 0.2) is 0 Å². The van der Waals surface area contributed by atoms with Crippen LogP contribution in [-0.4, -0.2) is 13.2 Å². The average Bonchev–Trinajstić information content (AvgIpc) is 2.78. The zero-order valence-corrected chi connectivity index (χ0v) is 12.6. The van der Waals surface area contributed by atoms with Crippen LogP contribution in [0, 0.1) is 11.8 Å². The van der Waals surface area contributed by atoms with Crippen LogP contribution in [0.25, 0.3) is 0 Å². The number of para-hydroxylation sites is 1. The van der Waals surface area contributed by atoms with E-state index in [1.807, 2.05) is 0 Å². The van der Waals surface area contributed by atoms with Gasteiger partial charge in [-0.05, 0) is 51.6 Å². The Kier molecular flexibility index (Phi) is 4.87. The molecule has 0 bridgehead atoms. The maximum absolute atomic E-state index is 5.97. The lowest BCUT2D eigenvalue weighted by Crippen LogP contribution is -2.25. The Morgan fingerprint density at radius 1 is 1.21 bits per heavy atom. The lowest BCUT2D eigenvalue weighted by molar-refractivity contribution is 0.234. The maximum atomic E-state index is 5.97. The first-order valence-electron chi connectivity index (χ1n) is 7.54. The topological polar surface area (TPSA) is 21.3 Å². The molecule has 0 aromatic heterocycles. The van der Waals surface area contributed by atoms with Crippen LogP contribution in [-0.2, 0) is 0 Å². The number of ether oxygens (including phenoxy) is 1. The van der Waals surface area contributed by atoms with Crippen molar-refractivity contribution in [3.05, 3.63) is 29.8 Å². The molecule has 106 valence electrons. The molecule has 2 heteroatoms. The SMILES string of the molecule is CNC(c1ccccc1OC(C)C)C1CCC(C)C1. The first-order valence-corrected chi connectivity index (χ1v) is 7.54. The lowest BCUT2D eigenvalue weighted by atomic mass is 9.90. The van der Waals surface area contributed by atoms with E-state index in [0.717, 1.165) is 17.6 Å². The van der Waals surface area contributed by atoms with Crippen LogP contribution in [0.1, 0.15) is 51.6 Å². The van der Waals surface area contributed by atoms with Gasteiger partial charge in [0.25, 0.3) is 0 Å². The molecule has 19 heavy (non-hydrogen) atoms. The van der Waals surface area contributed by atoms with E-state index in [1.165, 1.54) is 24.8 Å². The van der Waals surface area contributed by atoms with Gasteiger partial charge in [-0.25, -0.2) is 0 Å². The fourth-order valence-corrected chi connectivity index (χ4v) is 3.30. The summed E-state index contributed by atoms with van der Waals surface area (Å²) in [5.41, 5.74) is 1.32. The molecular formula is C17H27NO. The second-order valence-electron chi connectivity index (χ2n) is 6.15. The zero-order valence-electron chi connectivity index (χ0n) is 12.6. The number of rotatable bonds is 5. The summed E-state index contributed by atoms with van der Waals surface area (Å²) in [5.74, 6) is 2.63. The molecule has 3 unspecified atom stereocenters. The summed E-state index contributed by atoms with van der Waals surface area (Å²) in [7, 11) is 2.07. The standard InChI is InChI=1S/C17H27NO/c1-12(2)19-16-8-6-5-7-15(16)17(18-4)14-10-9-13(3)11-14/h5-8,12-14,17-18H,9-11H2,1-4H3. The van der Waals surface area contributed by atoms with Crippen molar-refractivity contribution in [1.82, 2.24) is 5.32 Å². The van der Waals surface area contributed by atoms with Gasteiger partial charge in [-0.2, -0.15) is 0 Å². The van der Waals surface area contributed by atoms with Crippen molar-refractivity contribution in [2.75, 3.05) is 7.05 Å². The van der Waals surface area contributed by atoms with E-state index in [9.17, 15) is 0 Å². The van der Waals surface area contributed by atoms with E-state index in [-0.39, 0.29) is 6.10 Å². The third-order valence-electron chi connectivity index (χ3n) is 4.13. The van der Waals surface area contributed by atoms with Crippen LogP contribution in [0.4, 0.5) is 0 Å². The van der Waals surface area contributed by atoms with Crippen molar-refractivity contribution in [3.63, 3.8) is 0 Å². The van der Waals surface area contributed by atoms with Crippen LogP contribution in [0.3, 0.4) is 0 Å². The lowest BCUT2D eigenvalue weighted by Gasteiger charge is -2.26. The summed E-state index contributed by atoms with van der Waals surface area (Å²) in [6.07, 6.45) is 4.22. The molecule has 1 aliphatic carbocycles. The Labute approximate surface area is 117 Å². The summed E-state index contributed by atoms with van der Waals surface area (Å²) in [6, 6.07) is 8.90. The Balaban J connectivity index is 2.22. The minimum Gasteiger partial charge on any atom is -0.491 e. The minimum atomic E-state index is 0.223. The predicted molar refractivity (Wildman–Crippen MR) is 80.5 cm³/mol. The summed E-state index contributed by atoms with van der Waals surface area (Å²) >= 11 is 0. The largest absolute Gasteiger partial charge is 0.491 e. The van der Waals surface area contributed by atoms with Gasteiger partial charge in [-0.15, -0.1) is 0 Å². The molecule has 2 nitrogen and oxygen atoms in total. The number of benzene rings is 1. The summed E-state index contributed by atoms with van der Waals surface area (Å²) in [5, 5.41) is 3.51. The molecule has 2 rings (SSSR count). The van der Waals surface area contributed by atoms with Crippen LogP contribution < -0.4 is 10.1 Å². The highest BCUT2D eigenvalue weighted by Crippen LogP contribution is 2.41. The predicted octanol–water partition coefficient (Wildman–Crippen LogP) is 4.17. The molecule has 0 heterocycles. The van der Waals surface area contributed by atoms with E-state index in [2.05, 4.69) is 57.4 Å². The van der Waals surface area contributed by atoms with Crippen LogP contribution in [0.5, 0.6) is 5.75 Å². The molecule has 3 atom stereocenters. The van der Waals surface area contributed by atoms with Crippen molar-refractivity contribution in [1.29, 1.82) is 0 Å². The molecule has 0 saturated heterocycles. The Bertz CT molecular complexity index is 402. The number of hydrogen-bond acceptors (Lipinski definition) is 2. The summed E-state index contributed by atoms with van der Waals surface area (Å²) in [4.78, 5) is 0. The molecule has 1 aromatic carbocycles. The van der Waals surface area contributed by atoms with Gasteiger partial charge >= 0.3 is 0 Å². The van der Waals surface area contributed by atoms with E-state index in [4.69, 9.17) is 4.74 Å². The van der Waals surface area contributed by atoms with Gasteiger partial charge in [0.1, 0.15) is 5.75 Å². The van der Waals surface area contributed by atoms with Crippen molar-refractivity contribution in [2.45, 2.75) is 52.2 Å². The summed E-state index contributed by atoms with van der Waals surface area (Å²) in [6.45, 7) is 6.54. The molecule has 0 aliphatic heterocycles. The molecule has 0 radical (unpaired) electrons. The zero-order chi connectivity index (χ0) is 13.8. The molecule has 0 spiro atoms. The molecule has 1 aromatic rings. The van der Waals surface area contributed by atoms with Gasteiger partial charge in [0, 0.05) is 11.6 Å². The highest BCUT2D eigenvalue weighted by atomic mass is 16.5. The highest BCUT2D eigenvalue weighted by Gasteiger charge is 2.30. The van der Waals surface area contributed by atoms with Gasteiger partial charge < -0.3 is 10.1 Å². The fraction of sp³-hybridized carbons (Fsp3) is 0.647. The second-order valence-corrected chi connectivity index (χ2v) is 6.15. The monoisotopic (exact) mass is 261 g/mol. The van der Waals surface area contributed by atoms with Gasteiger partial charge in [-0.1, -0.05) is 31.5 Å². The third-order valence-corrected chi connectivity index (χ3v) is 4.13. The van der Waals surface area contributed by atoms with Gasteiger partial charge in [0.05, 0.1) is 6.10 Å². The Morgan fingerprint density at radius 3 is 2.53 bits per heavy atom. The van der Waals surface area contributed by atoms with Crippen molar-refractivity contribution in [2.24, 2.45) is 11.8 Å². The quantitative estimate of drug-likeness (QED) is 0.859. The third kappa shape index (κ3) is 3.50. The van der Waals surface area contributed by atoms with E-state index >= 15 is 0 Å². The van der Waals surface area contributed by atoms with Crippen LogP contribution >= 0.6 is 0 Å². The smallest absolute Gasteiger partial charge is 0.124 e. The molecule has 1 aliphatic rings. The normalized spacial score (nSPS) is 24.7. The van der Waals surface area contributed by atoms with E-state index in [0.29, 0.717) is 6.04 Å². The highest BCUT2D eigenvalue weighted by molar-refractivity contribution is 5.36. The Hall–Kier alpha value is -1.02. The molecule has 1 N–H and O–H groups in total. The molecular weight excluding hydrogens is 234 g/mol. The average molecular weight is 261 g/mol. The first kappa shape index (κ1) is 14.4.